The Hall–Kier alpha value is -0.570. The van der Waals surface area contributed by atoms with E-state index in [4.69, 9.17) is 9.84 Å². The summed E-state index contributed by atoms with van der Waals surface area (Å²) in [5, 5.41) is 8.50. The molecule has 3 heteroatoms. The van der Waals surface area contributed by atoms with Gasteiger partial charge in [0.2, 0.25) is 0 Å². The monoisotopic (exact) mass is 188 g/mol. The Morgan fingerprint density at radius 2 is 1.92 bits per heavy atom. The first-order valence-electron chi connectivity index (χ1n) is 5.07. The van der Waals surface area contributed by atoms with Crippen LogP contribution in [0.4, 0.5) is 0 Å². The van der Waals surface area contributed by atoms with Gasteiger partial charge < -0.3 is 9.84 Å². The Kier molecular flexibility index (Phi) is 9.10. The van der Waals surface area contributed by atoms with E-state index < -0.39 is 0 Å². The minimum Gasteiger partial charge on any atom is -0.466 e. The number of carbonyl (C=O) groups is 1. The average Bonchev–Trinajstić information content (AvgIpc) is 2.14. The number of aliphatic hydroxyl groups is 1. The van der Waals surface area contributed by atoms with E-state index >= 15 is 0 Å². The molecule has 0 aromatic rings. The molecule has 0 amide bonds. The number of esters is 1. The SMILES string of the molecule is CCCOC(=O)CCCCCCO. The van der Waals surface area contributed by atoms with Gasteiger partial charge in [-0.1, -0.05) is 19.8 Å². The molecular weight excluding hydrogens is 168 g/mol. The van der Waals surface area contributed by atoms with Crippen LogP contribution in [0.15, 0.2) is 0 Å². The van der Waals surface area contributed by atoms with Gasteiger partial charge in [0.25, 0.3) is 0 Å². The van der Waals surface area contributed by atoms with Crippen LogP contribution in [0.2, 0.25) is 0 Å². The summed E-state index contributed by atoms with van der Waals surface area (Å²) in [6, 6.07) is 0. The van der Waals surface area contributed by atoms with Crippen molar-refractivity contribution in [3.8, 4) is 0 Å². The van der Waals surface area contributed by atoms with Crippen molar-refractivity contribution in [1.82, 2.24) is 0 Å². The summed E-state index contributed by atoms with van der Waals surface area (Å²) in [5.41, 5.74) is 0. The molecule has 1 N–H and O–H groups in total. The van der Waals surface area contributed by atoms with Crippen molar-refractivity contribution in [2.24, 2.45) is 0 Å². The second-order valence-electron chi connectivity index (χ2n) is 3.11. The van der Waals surface area contributed by atoms with E-state index in [1.165, 1.54) is 0 Å². The second-order valence-corrected chi connectivity index (χ2v) is 3.11. The molecule has 0 aliphatic rings. The molecule has 0 aliphatic heterocycles. The summed E-state index contributed by atoms with van der Waals surface area (Å²) in [5.74, 6) is -0.0918. The van der Waals surface area contributed by atoms with Crippen LogP contribution in [0.5, 0.6) is 0 Å². The zero-order chi connectivity index (χ0) is 9.94. The summed E-state index contributed by atoms with van der Waals surface area (Å²) in [7, 11) is 0. The van der Waals surface area contributed by atoms with Crippen molar-refractivity contribution in [3.05, 3.63) is 0 Å². The van der Waals surface area contributed by atoms with Gasteiger partial charge in [0.15, 0.2) is 0 Å². The first-order valence-corrected chi connectivity index (χ1v) is 5.07. The Balaban J connectivity index is 3.08. The number of hydrogen-bond donors (Lipinski definition) is 1. The molecule has 0 spiro atoms. The predicted molar refractivity (Wildman–Crippen MR) is 51.4 cm³/mol. The molecule has 0 bridgehead atoms. The van der Waals surface area contributed by atoms with Gasteiger partial charge in [-0.05, 0) is 19.3 Å². The third-order valence-corrected chi connectivity index (χ3v) is 1.76. The second kappa shape index (κ2) is 9.52. The lowest BCUT2D eigenvalue weighted by Crippen LogP contribution is -2.04. The van der Waals surface area contributed by atoms with Crippen LogP contribution in [-0.4, -0.2) is 24.3 Å². The fourth-order valence-electron chi connectivity index (χ4n) is 1.02. The van der Waals surface area contributed by atoms with E-state index in [9.17, 15) is 4.79 Å². The van der Waals surface area contributed by atoms with Gasteiger partial charge in [-0.2, -0.15) is 0 Å². The molecule has 0 atom stereocenters. The zero-order valence-corrected chi connectivity index (χ0v) is 8.42. The summed E-state index contributed by atoms with van der Waals surface area (Å²) in [6.45, 7) is 2.77. The van der Waals surface area contributed by atoms with Crippen molar-refractivity contribution in [3.63, 3.8) is 0 Å². The maximum atomic E-state index is 11.0. The highest BCUT2D eigenvalue weighted by molar-refractivity contribution is 5.69. The maximum absolute atomic E-state index is 11.0. The predicted octanol–water partition coefficient (Wildman–Crippen LogP) is 1.88. The average molecular weight is 188 g/mol. The number of hydrogen-bond acceptors (Lipinski definition) is 3. The first kappa shape index (κ1) is 12.4. The molecule has 0 aliphatic carbocycles. The van der Waals surface area contributed by atoms with Crippen LogP contribution in [0, 0.1) is 0 Å². The molecule has 0 fully saturated rings. The van der Waals surface area contributed by atoms with E-state index in [-0.39, 0.29) is 12.6 Å². The molecule has 0 heterocycles. The Morgan fingerprint density at radius 3 is 2.54 bits per heavy atom. The highest BCUT2D eigenvalue weighted by Gasteiger charge is 2.00. The van der Waals surface area contributed by atoms with Crippen molar-refractivity contribution >= 4 is 5.97 Å². The lowest BCUT2D eigenvalue weighted by molar-refractivity contribution is -0.143. The number of ether oxygens (including phenoxy) is 1. The molecule has 0 unspecified atom stereocenters. The van der Waals surface area contributed by atoms with Gasteiger partial charge >= 0.3 is 5.97 Å². The Morgan fingerprint density at radius 1 is 1.23 bits per heavy atom. The normalized spacial score (nSPS) is 10.0. The van der Waals surface area contributed by atoms with Crippen LogP contribution >= 0.6 is 0 Å². The van der Waals surface area contributed by atoms with Gasteiger partial charge in [-0.15, -0.1) is 0 Å². The van der Waals surface area contributed by atoms with Crippen molar-refractivity contribution in [2.75, 3.05) is 13.2 Å². The standard InChI is InChI=1S/C10H20O3/c1-2-9-13-10(12)7-5-3-4-6-8-11/h11H,2-9H2,1H3. The number of rotatable bonds is 8. The number of unbranched alkanes of at least 4 members (excludes halogenated alkanes) is 3. The highest BCUT2D eigenvalue weighted by atomic mass is 16.5. The van der Waals surface area contributed by atoms with E-state index in [2.05, 4.69) is 0 Å². The van der Waals surface area contributed by atoms with E-state index in [1.54, 1.807) is 0 Å². The zero-order valence-electron chi connectivity index (χ0n) is 8.42. The fourth-order valence-corrected chi connectivity index (χ4v) is 1.02. The van der Waals surface area contributed by atoms with Gasteiger partial charge in [-0.25, -0.2) is 0 Å². The third kappa shape index (κ3) is 9.34. The lowest BCUT2D eigenvalue weighted by Gasteiger charge is -2.02. The lowest BCUT2D eigenvalue weighted by atomic mass is 10.1. The summed E-state index contributed by atoms with van der Waals surface area (Å²) >= 11 is 0. The van der Waals surface area contributed by atoms with Crippen LogP contribution in [0.3, 0.4) is 0 Å². The largest absolute Gasteiger partial charge is 0.466 e. The van der Waals surface area contributed by atoms with Gasteiger partial charge in [0.05, 0.1) is 6.61 Å². The van der Waals surface area contributed by atoms with Crippen LogP contribution in [-0.2, 0) is 9.53 Å². The fraction of sp³-hybridized carbons (Fsp3) is 0.900. The van der Waals surface area contributed by atoms with E-state index in [0.717, 1.165) is 32.1 Å². The number of aliphatic hydroxyl groups excluding tert-OH is 1. The minimum atomic E-state index is -0.0918. The van der Waals surface area contributed by atoms with Gasteiger partial charge in [0, 0.05) is 13.0 Å². The van der Waals surface area contributed by atoms with E-state index in [1.807, 2.05) is 6.92 Å². The molecule has 0 saturated heterocycles. The molecule has 0 saturated carbocycles. The summed E-state index contributed by atoms with van der Waals surface area (Å²) < 4.78 is 4.91. The van der Waals surface area contributed by atoms with Gasteiger partial charge in [-0.3, -0.25) is 4.79 Å². The smallest absolute Gasteiger partial charge is 0.305 e. The molecular formula is C10H20O3. The molecule has 0 radical (unpaired) electrons. The molecule has 0 aromatic heterocycles. The quantitative estimate of drug-likeness (QED) is 0.467. The molecule has 0 aromatic carbocycles. The van der Waals surface area contributed by atoms with Crippen molar-refractivity contribution in [1.29, 1.82) is 0 Å². The molecule has 78 valence electrons. The van der Waals surface area contributed by atoms with Crippen molar-refractivity contribution < 1.29 is 14.6 Å². The van der Waals surface area contributed by atoms with E-state index in [0.29, 0.717) is 13.0 Å². The Labute approximate surface area is 80.1 Å². The van der Waals surface area contributed by atoms with Gasteiger partial charge in [0.1, 0.15) is 0 Å². The topological polar surface area (TPSA) is 46.5 Å². The molecule has 13 heavy (non-hydrogen) atoms. The first-order chi connectivity index (χ1) is 6.31. The highest BCUT2D eigenvalue weighted by Crippen LogP contribution is 2.03. The number of carbonyl (C=O) groups excluding carboxylic acids is 1. The van der Waals surface area contributed by atoms with Crippen LogP contribution in [0.1, 0.15) is 45.4 Å². The Bertz CT molecular complexity index is 123. The maximum Gasteiger partial charge on any atom is 0.305 e. The summed E-state index contributed by atoms with van der Waals surface area (Å²) in [4.78, 5) is 11.0. The molecule has 0 rings (SSSR count). The minimum absolute atomic E-state index is 0.0918. The molecule has 3 nitrogen and oxygen atoms in total. The van der Waals surface area contributed by atoms with Crippen LogP contribution < -0.4 is 0 Å². The van der Waals surface area contributed by atoms with Crippen LogP contribution in [0.25, 0.3) is 0 Å². The third-order valence-electron chi connectivity index (χ3n) is 1.76. The summed E-state index contributed by atoms with van der Waals surface area (Å²) in [6.07, 6.45) is 5.12. The van der Waals surface area contributed by atoms with Crippen molar-refractivity contribution in [2.45, 2.75) is 45.4 Å².